The van der Waals surface area contributed by atoms with E-state index in [4.69, 9.17) is 4.42 Å². The van der Waals surface area contributed by atoms with Gasteiger partial charge in [-0.2, -0.15) is 12.6 Å². The zero-order chi connectivity index (χ0) is 11.4. The number of thiol groups is 1. The number of H-pyrrole nitrogens is 1. The first-order chi connectivity index (χ1) is 7.79. The molecular formula is C11H14N2O2S. The topological polar surface area (TPSA) is 58.0 Å². The Bertz CT molecular complexity index is 518. The summed E-state index contributed by atoms with van der Waals surface area (Å²) in [4.78, 5) is 13.6. The number of oxazole rings is 1. The normalized spacial score (nSPS) is 11.1. The summed E-state index contributed by atoms with van der Waals surface area (Å²) in [6.07, 6.45) is 1.05. The van der Waals surface area contributed by atoms with Crippen LogP contribution in [0, 0.1) is 0 Å². The van der Waals surface area contributed by atoms with Crippen LogP contribution in [0.4, 0.5) is 0 Å². The molecule has 0 amide bonds. The van der Waals surface area contributed by atoms with Gasteiger partial charge in [0.2, 0.25) is 0 Å². The largest absolute Gasteiger partial charge is 0.417 e. The number of rotatable bonds is 5. The molecule has 0 aliphatic rings. The van der Waals surface area contributed by atoms with Gasteiger partial charge < -0.3 is 9.73 Å². The molecule has 1 heterocycles. The first-order valence-corrected chi connectivity index (χ1v) is 5.86. The molecule has 0 spiro atoms. The Morgan fingerprint density at radius 3 is 3.12 bits per heavy atom. The molecule has 1 aromatic carbocycles. The van der Waals surface area contributed by atoms with Crippen molar-refractivity contribution in [1.29, 1.82) is 0 Å². The zero-order valence-corrected chi connectivity index (χ0v) is 9.72. The molecule has 2 aromatic rings. The fourth-order valence-corrected chi connectivity index (χ4v) is 1.69. The molecule has 0 fully saturated rings. The molecule has 1 aromatic heterocycles. The van der Waals surface area contributed by atoms with E-state index in [0.29, 0.717) is 5.58 Å². The fourth-order valence-electron chi connectivity index (χ4n) is 1.54. The Labute approximate surface area is 98.5 Å². The third-order valence-corrected chi connectivity index (χ3v) is 2.64. The molecule has 86 valence electrons. The molecule has 0 saturated heterocycles. The van der Waals surface area contributed by atoms with Crippen LogP contribution in [0.25, 0.3) is 11.1 Å². The van der Waals surface area contributed by atoms with Crippen LogP contribution in [0.2, 0.25) is 0 Å². The van der Waals surface area contributed by atoms with Crippen molar-refractivity contribution in [1.82, 2.24) is 10.3 Å². The van der Waals surface area contributed by atoms with Crippen molar-refractivity contribution >= 4 is 23.7 Å². The second-order valence-electron chi connectivity index (χ2n) is 3.60. The lowest BCUT2D eigenvalue weighted by molar-refractivity contribution is 0.554. The quantitative estimate of drug-likeness (QED) is 0.547. The molecule has 0 radical (unpaired) electrons. The van der Waals surface area contributed by atoms with Gasteiger partial charge in [0.15, 0.2) is 5.58 Å². The van der Waals surface area contributed by atoms with Gasteiger partial charge in [-0.1, -0.05) is 6.07 Å². The number of aromatic amines is 1. The van der Waals surface area contributed by atoms with E-state index in [0.717, 1.165) is 36.3 Å². The SMILES string of the molecule is O=c1[nH]c2ccc(CNCCCS)cc2o1. The highest BCUT2D eigenvalue weighted by atomic mass is 32.1. The molecule has 0 unspecified atom stereocenters. The van der Waals surface area contributed by atoms with Crippen LogP contribution in [0.3, 0.4) is 0 Å². The van der Waals surface area contributed by atoms with Gasteiger partial charge in [-0.3, -0.25) is 4.98 Å². The molecular weight excluding hydrogens is 224 g/mol. The summed E-state index contributed by atoms with van der Waals surface area (Å²) >= 11 is 4.14. The molecule has 0 aliphatic carbocycles. The standard InChI is InChI=1S/C11H14N2O2S/c14-11-13-9-3-2-8(6-10(9)15-11)7-12-4-1-5-16/h2-3,6,12,16H,1,4-5,7H2,(H,13,14). The van der Waals surface area contributed by atoms with Crippen molar-refractivity contribution in [2.75, 3.05) is 12.3 Å². The predicted molar refractivity (Wildman–Crippen MR) is 67.0 cm³/mol. The van der Waals surface area contributed by atoms with Crippen LogP contribution in [-0.4, -0.2) is 17.3 Å². The summed E-state index contributed by atoms with van der Waals surface area (Å²) in [7, 11) is 0. The van der Waals surface area contributed by atoms with E-state index in [9.17, 15) is 4.79 Å². The van der Waals surface area contributed by atoms with E-state index in [1.165, 1.54) is 0 Å². The van der Waals surface area contributed by atoms with Crippen LogP contribution >= 0.6 is 12.6 Å². The van der Waals surface area contributed by atoms with Crippen molar-refractivity contribution in [3.05, 3.63) is 34.3 Å². The van der Waals surface area contributed by atoms with Crippen LogP contribution in [0.15, 0.2) is 27.4 Å². The van der Waals surface area contributed by atoms with Gasteiger partial charge in [-0.05, 0) is 36.4 Å². The molecule has 16 heavy (non-hydrogen) atoms. The molecule has 5 heteroatoms. The van der Waals surface area contributed by atoms with Crippen molar-refractivity contribution in [2.24, 2.45) is 0 Å². The Balaban J connectivity index is 2.04. The monoisotopic (exact) mass is 238 g/mol. The highest BCUT2D eigenvalue weighted by Crippen LogP contribution is 2.11. The maximum absolute atomic E-state index is 11.0. The first kappa shape index (κ1) is 11.3. The van der Waals surface area contributed by atoms with E-state index >= 15 is 0 Å². The maximum Gasteiger partial charge on any atom is 0.417 e. The molecule has 2 rings (SSSR count). The first-order valence-electron chi connectivity index (χ1n) is 5.23. The highest BCUT2D eigenvalue weighted by molar-refractivity contribution is 7.80. The van der Waals surface area contributed by atoms with Gasteiger partial charge in [0.1, 0.15) is 0 Å². The summed E-state index contributed by atoms with van der Waals surface area (Å²) in [5, 5.41) is 3.30. The van der Waals surface area contributed by atoms with Crippen molar-refractivity contribution in [3.63, 3.8) is 0 Å². The average molecular weight is 238 g/mol. The number of aromatic nitrogens is 1. The highest BCUT2D eigenvalue weighted by Gasteiger charge is 2.01. The van der Waals surface area contributed by atoms with Crippen LogP contribution in [0.1, 0.15) is 12.0 Å². The van der Waals surface area contributed by atoms with Gasteiger partial charge in [-0.25, -0.2) is 4.79 Å². The van der Waals surface area contributed by atoms with Gasteiger partial charge in [0.05, 0.1) is 5.52 Å². The molecule has 0 saturated carbocycles. The van der Waals surface area contributed by atoms with Crippen LogP contribution in [0.5, 0.6) is 0 Å². The van der Waals surface area contributed by atoms with E-state index in [1.54, 1.807) is 0 Å². The minimum Gasteiger partial charge on any atom is -0.408 e. The summed E-state index contributed by atoms with van der Waals surface area (Å²) in [6.45, 7) is 1.72. The minimum atomic E-state index is -0.407. The third kappa shape index (κ3) is 2.68. The third-order valence-electron chi connectivity index (χ3n) is 2.33. The predicted octanol–water partition coefficient (Wildman–Crippen LogP) is 1.53. The number of fused-ring (bicyclic) bond motifs is 1. The lowest BCUT2D eigenvalue weighted by Gasteiger charge is -2.03. The fraction of sp³-hybridized carbons (Fsp3) is 0.364. The lowest BCUT2D eigenvalue weighted by atomic mass is 10.2. The summed E-state index contributed by atoms with van der Waals surface area (Å²) in [5.74, 6) is 0.480. The Morgan fingerprint density at radius 2 is 2.31 bits per heavy atom. The maximum atomic E-state index is 11.0. The second-order valence-corrected chi connectivity index (χ2v) is 4.05. The second kappa shape index (κ2) is 5.23. The molecule has 0 atom stereocenters. The molecule has 0 bridgehead atoms. The summed E-state index contributed by atoms with van der Waals surface area (Å²) < 4.78 is 4.98. The van der Waals surface area contributed by atoms with Gasteiger partial charge in [0.25, 0.3) is 0 Å². The molecule has 0 aliphatic heterocycles. The Morgan fingerprint density at radius 1 is 1.44 bits per heavy atom. The van der Waals surface area contributed by atoms with E-state index in [1.807, 2.05) is 18.2 Å². The average Bonchev–Trinajstić information content (AvgIpc) is 2.64. The van der Waals surface area contributed by atoms with E-state index < -0.39 is 5.76 Å². The Kier molecular flexibility index (Phi) is 3.69. The molecule has 4 nitrogen and oxygen atoms in total. The number of benzene rings is 1. The van der Waals surface area contributed by atoms with Crippen LogP contribution in [-0.2, 0) is 6.54 Å². The summed E-state index contributed by atoms with van der Waals surface area (Å²) in [6, 6.07) is 5.71. The van der Waals surface area contributed by atoms with Gasteiger partial charge >= 0.3 is 5.76 Å². The van der Waals surface area contributed by atoms with Gasteiger partial charge in [0, 0.05) is 6.54 Å². The Hall–Kier alpha value is -1.20. The molecule has 2 N–H and O–H groups in total. The number of hydrogen-bond donors (Lipinski definition) is 3. The smallest absolute Gasteiger partial charge is 0.408 e. The zero-order valence-electron chi connectivity index (χ0n) is 8.82. The van der Waals surface area contributed by atoms with Gasteiger partial charge in [-0.15, -0.1) is 0 Å². The number of nitrogens with one attached hydrogen (secondary N) is 2. The minimum absolute atomic E-state index is 0.407. The van der Waals surface area contributed by atoms with Crippen molar-refractivity contribution < 1.29 is 4.42 Å². The van der Waals surface area contributed by atoms with Crippen molar-refractivity contribution in [3.8, 4) is 0 Å². The van der Waals surface area contributed by atoms with Crippen LogP contribution < -0.4 is 11.1 Å². The van der Waals surface area contributed by atoms with E-state index in [2.05, 4.69) is 22.9 Å². The van der Waals surface area contributed by atoms with E-state index in [-0.39, 0.29) is 0 Å². The summed E-state index contributed by atoms with van der Waals surface area (Å²) in [5.41, 5.74) is 2.46. The lowest BCUT2D eigenvalue weighted by Crippen LogP contribution is -2.14. The number of hydrogen-bond acceptors (Lipinski definition) is 4. The van der Waals surface area contributed by atoms with Crippen molar-refractivity contribution in [2.45, 2.75) is 13.0 Å².